The Hall–Kier alpha value is -1.39. The topological polar surface area (TPSA) is 75.3 Å². The van der Waals surface area contributed by atoms with Crippen LogP contribution in [0.4, 0.5) is 0 Å². The van der Waals surface area contributed by atoms with E-state index in [4.69, 9.17) is 5.73 Å². The fourth-order valence-electron chi connectivity index (χ4n) is 1.67. The molecule has 100 valence electrons. The van der Waals surface area contributed by atoms with Crippen molar-refractivity contribution in [1.82, 2.24) is 5.32 Å². The molecule has 4 nitrogen and oxygen atoms in total. The van der Waals surface area contributed by atoms with Gasteiger partial charge >= 0.3 is 0 Å². The van der Waals surface area contributed by atoms with Gasteiger partial charge in [0.2, 0.25) is 5.91 Å². The van der Waals surface area contributed by atoms with Crippen molar-refractivity contribution in [3.63, 3.8) is 0 Å². The summed E-state index contributed by atoms with van der Waals surface area (Å²) in [5.74, 6) is -0.133. The van der Waals surface area contributed by atoms with Crippen molar-refractivity contribution < 1.29 is 9.90 Å². The van der Waals surface area contributed by atoms with Gasteiger partial charge in [-0.2, -0.15) is 0 Å². The number of primary amides is 1. The van der Waals surface area contributed by atoms with Crippen LogP contribution in [0, 0.1) is 5.92 Å². The Kier molecular flexibility index (Phi) is 5.82. The molecule has 0 spiro atoms. The molecule has 2 atom stereocenters. The van der Waals surface area contributed by atoms with Gasteiger partial charge in [-0.3, -0.25) is 4.79 Å². The molecule has 0 aliphatic rings. The average molecular weight is 250 g/mol. The first-order valence-corrected chi connectivity index (χ1v) is 6.32. The molecule has 1 aromatic rings. The number of carbonyl (C=O) groups excluding carboxylic acids is 1. The second kappa shape index (κ2) is 7.13. The maximum Gasteiger partial charge on any atom is 0.248 e. The van der Waals surface area contributed by atoms with Crippen LogP contribution in [0.3, 0.4) is 0 Å². The Morgan fingerprint density at radius 1 is 1.50 bits per heavy atom. The number of hydrogen-bond acceptors (Lipinski definition) is 3. The lowest BCUT2D eigenvalue weighted by Crippen LogP contribution is -2.31. The minimum absolute atomic E-state index is 0.287. The van der Waals surface area contributed by atoms with E-state index < -0.39 is 5.91 Å². The Morgan fingerprint density at radius 3 is 2.83 bits per heavy atom. The first kappa shape index (κ1) is 14.7. The molecule has 0 saturated carbocycles. The van der Waals surface area contributed by atoms with Gasteiger partial charge in [0.05, 0.1) is 6.10 Å². The van der Waals surface area contributed by atoms with Crippen LogP contribution in [0.1, 0.15) is 36.2 Å². The van der Waals surface area contributed by atoms with Gasteiger partial charge in [0.15, 0.2) is 0 Å². The molecular weight excluding hydrogens is 228 g/mol. The lowest BCUT2D eigenvalue weighted by molar-refractivity contribution is 0.1000. The fraction of sp³-hybridized carbons (Fsp3) is 0.500. The quantitative estimate of drug-likeness (QED) is 0.682. The third-order valence-corrected chi connectivity index (χ3v) is 3.19. The van der Waals surface area contributed by atoms with E-state index in [1.165, 1.54) is 0 Å². The van der Waals surface area contributed by atoms with Crippen molar-refractivity contribution in [3.05, 3.63) is 35.4 Å². The molecule has 2 unspecified atom stereocenters. The van der Waals surface area contributed by atoms with Crippen LogP contribution in [0.25, 0.3) is 0 Å². The molecule has 4 N–H and O–H groups in total. The number of benzene rings is 1. The lowest BCUT2D eigenvalue weighted by atomic mass is 10.0. The summed E-state index contributed by atoms with van der Waals surface area (Å²) < 4.78 is 0. The molecule has 0 heterocycles. The van der Waals surface area contributed by atoms with Crippen molar-refractivity contribution >= 4 is 5.91 Å². The lowest BCUT2D eigenvalue weighted by Gasteiger charge is -2.17. The van der Waals surface area contributed by atoms with E-state index in [-0.39, 0.29) is 12.0 Å². The number of rotatable bonds is 7. The van der Waals surface area contributed by atoms with Crippen LogP contribution in [-0.2, 0) is 6.54 Å². The number of aliphatic hydroxyl groups is 1. The molecule has 0 aliphatic carbocycles. The summed E-state index contributed by atoms with van der Waals surface area (Å²) in [5, 5.41) is 13.0. The normalized spacial score (nSPS) is 14.2. The van der Waals surface area contributed by atoms with Crippen molar-refractivity contribution in [1.29, 1.82) is 0 Å². The Bertz CT molecular complexity index is 393. The predicted molar refractivity (Wildman–Crippen MR) is 72.1 cm³/mol. The van der Waals surface area contributed by atoms with Crippen molar-refractivity contribution in [2.75, 3.05) is 6.54 Å². The van der Waals surface area contributed by atoms with E-state index >= 15 is 0 Å². The second-order valence-electron chi connectivity index (χ2n) is 4.65. The highest BCUT2D eigenvalue weighted by atomic mass is 16.3. The molecule has 0 saturated heterocycles. The maximum absolute atomic E-state index is 11.0. The molecule has 0 aromatic heterocycles. The zero-order valence-corrected chi connectivity index (χ0v) is 11.0. The highest BCUT2D eigenvalue weighted by molar-refractivity contribution is 5.92. The second-order valence-corrected chi connectivity index (χ2v) is 4.65. The van der Waals surface area contributed by atoms with E-state index in [1.54, 1.807) is 12.1 Å². The van der Waals surface area contributed by atoms with Gasteiger partial charge in [0, 0.05) is 18.7 Å². The summed E-state index contributed by atoms with van der Waals surface area (Å²) in [6.07, 6.45) is 0.620. The van der Waals surface area contributed by atoms with Crippen LogP contribution in [0.15, 0.2) is 24.3 Å². The van der Waals surface area contributed by atoms with Crippen LogP contribution < -0.4 is 11.1 Å². The van der Waals surface area contributed by atoms with E-state index in [0.29, 0.717) is 18.7 Å². The third-order valence-electron chi connectivity index (χ3n) is 3.19. The highest BCUT2D eigenvalue weighted by Gasteiger charge is 2.11. The summed E-state index contributed by atoms with van der Waals surface area (Å²) in [6.45, 7) is 5.26. The summed E-state index contributed by atoms with van der Waals surface area (Å²) in [4.78, 5) is 11.0. The molecule has 1 rings (SSSR count). The molecule has 0 aliphatic heterocycles. The zero-order valence-electron chi connectivity index (χ0n) is 11.0. The number of nitrogens with two attached hydrogens (primary N) is 1. The summed E-state index contributed by atoms with van der Waals surface area (Å²) >= 11 is 0. The Labute approximate surface area is 108 Å². The molecule has 1 amide bonds. The van der Waals surface area contributed by atoms with E-state index in [1.807, 2.05) is 19.1 Å². The number of hydrogen-bond donors (Lipinski definition) is 3. The largest absolute Gasteiger partial charge is 0.392 e. The van der Waals surface area contributed by atoms with Crippen molar-refractivity contribution in [2.45, 2.75) is 32.9 Å². The summed E-state index contributed by atoms with van der Waals surface area (Å²) in [6, 6.07) is 7.20. The zero-order chi connectivity index (χ0) is 13.5. The van der Waals surface area contributed by atoms with Crippen LogP contribution >= 0.6 is 0 Å². The van der Waals surface area contributed by atoms with Gasteiger partial charge in [-0.05, 0) is 23.6 Å². The van der Waals surface area contributed by atoms with Gasteiger partial charge in [0.25, 0.3) is 0 Å². The molecule has 1 aromatic carbocycles. The summed E-state index contributed by atoms with van der Waals surface area (Å²) in [5.41, 5.74) is 6.72. The van der Waals surface area contributed by atoms with E-state index in [2.05, 4.69) is 12.2 Å². The molecule has 0 bridgehead atoms. The van der Waals surface area contributed by atoms with Gasteiger partial charge < -0.3 is 16.2 Å². The first-order chi connectivity index (χ1) is 8.54. The number of carbonyl (C=O) groups is 1. The van der Waals surface area contributed by atoms with Gasteiger partial charge in [-0.1, -0.05) is 32.4 Å². The molecule has 18 heavy (non-hydrogen) atoms. The first-order valence-electron chi connectivity index (χ1n) is 6.32. The molecule has 0 fully saturated rings. The maximum atomic E-state index is 11.0. The van der Waals surface area contributed by atoms with Gasteiger partial charge in [-0.15, -0.1) is 0 Å². The van der Waals surface area contributed by atoms with Crippen molar-refractivity contribution in [2.24, 2.45) is 11.7 Å². The van der Waals surface area contributed by atoms with Gasteiger partial charge in [-0.25, -0.2) is 0 Å². The minimum Gasteiger partial charge on any atom is -0.392 e. The fourth-order valence-corrected chi connectivity index (χ4v) is 1.67. The molecule has 0 radical (unpaired) electrons. The molecular formula is C14H22N2O2. The monoisotopic (exact) mass is 250 g/mol. The van der Waals surface area contributed by atoms with E-state index in [9.17, 15) is 9.90 Å². The Morgan fingerprint density at radius 2 is 2.22 bits per heavy atom. The average Bonchev–Trinajstić information content (AvgIpc) is 2.38. The Balaban J connectivity index is 2.44. The smallest absolute Gasteiger partial charge is 0.248 e. The molecule has 4 heteroatoms. The number of amides is 1. The number of aliphatic hydroxyl groups excluding tert-OH is 1. The van der Waals surface area contributed by atoms with Crippen molar-refractivity contribution in [3.8, 4) is 0 Å². The predicted octanol–water partition coefficient (Wildman–Crippen LogP) is 1.28. The van der Waals surface area contributed by atoms with Crippen LogP contribution in [-0.4, -0.2) is 23.7 Å². The standard InChI is InChI=1S/C14H22N2O2/c1-3-10(2)13(17)9-16-8-11-5-4-6-12(7-11)14(15)18/h4-7,10,13,16-17H,3,8-9H2,1-2H3,(H2,15,18). The summed E-state index contributed by atoms with van der Waals surface area (Å²) in [7, 11) is 0. The minimum atomic E-state index is -0.420. The van der Waals surface area contributed by atoms with Crippen LogP contribution in [0.5, 0.6) is 0 Å². The number of nitrogens with one attached hydrogen (secondary N) is 1. The van der Waals surface area contributed by atoms with Gasteiger partial charge in [0.1, 0.15) is 0 Å². The SMILES string of the molecule is CCC(C)C(O)CNCc1cccc(C(N)=O)c1. The van der Waals surface area contributed by atoms with E-state index in [0.717, 1.165) is 12.0 Å². The highest BCUT2D eigenvalue weighted by Crippen LogP contribution is 2.07. The third kappa shape index (κ3) is 4.47. The van der Waals surface area contributed by atoms with Crippen LogP contribution in [0.2, 0.25) is 0 Å².